The van der Waals surface area contributed by atoms with E-state index in [0.29, 0.717) is 15.6 Å². The Kier molecular flexibility index (Phi) is 3.15. The number of aromatic nitrogens is 2. The molecule has 3 N–H and O–H groups in total. The monoisotopic (exact) mass is 201 g/mol. The van der Waals surface area contributed by atoms with E-state index in [2.05, 4.69) is 5.10 Å². The molecule has 6 heteroatoms. The summed E-state index contributed by atoms with van der Waals surface area (Å²) in [6.07, 6.45) is 0. The van der Waals surface area contributed by atoms with Gasteiger partial charge in [0, 0.05) is 0 Å². The van der Waals surface area contributed by atoms with Crippen molar-refractivity contribution in [3.05, 3.63) is 45.0 Å². The molecule has 0 radical (unpaired) electrons. The number of hydrogen-bond donors (Lipinski definition) is 2. The summed E-state index contributed by atoms with van der Waals surface area (Å²) >= 11 is 0. The van der Waals surface area contributed by atoms with Gasteiger partial charge < -0.3 is 7.27 Å². The summed E-state index contributed by atoms with van der Waals surface area (Å²) in [5, 5.41) is 2.89. The number of benzene rings is 1. The van der Waals surface area contributed by atoms with Crippen LogP contribution in [0.25, 0.3) is 10.8 Å². The molecule has 1 aromatic heterocycles. The average molecular weight is 201 g/mol. The fourth-order valence-corrected chi connectivity index (χ4v) is 1.22. The molecule has 0 atom stereocenters. The quantitative estimate of drug-likeness (QED) is 0.343. The van der Waals surface area contributed by atoms with E-state index in [1.807, 2.05) is 0 Å². The molecule has 0 unspecified atom stereocenters. The molecule has 0 bridgehead atoms. The van der Waals surface area contributed by atoms with Gasteiger partial charge in [-0.25, -0.2) is 5.10 Å². The normalized spacial score (nSPS) is 9.71. The average Bonchev–Trinajstić information content (AvgIpc) is 2.15. The minimum absolute atomic E-state index is 0. The van der Waals surface area contributed by atoms with Crippen LogP contribution in [0.4, 0.5) is 0 Å². The first-order valence-electron chi connectivity index (χ1n) is 3.69. The first-order valence-corrected chi connectivity index (χ1v) is 3.69. The molecule has 68 valence electrons. The van der Waals surface area contributed by atoms with Gasteiger partial charge in [-0.15, -0.1) is 0 Å². The van der Waals surface area contributed by atoms with E-state index in [1.165, 1.54) is 0 Å². The minimum Gasteiger partial charge on any atom is -1.00 e. The third-order valence-corrected chi connectivity index (χ3v) is 1.84. The second kappa shape index (κ2) is 4.00. The number of nitrogens with one attached hydrogen (secondary N) is 1. The van der Waals surface area contributed by atoms with Crippen molar-refractivity contribution in [3.63, 3.8) is 0 Å². The van der Waals surface area contributed by atoms with Crippen LogP contribution in [0.15, 0.2) is 33.9 Å². The number of rotatable bonds is 0. The van der Waals surface area contributed by atoms with Crippen LogP contribution in [-0.4, -0.2) is 9.89 Å². The molecule has 2 rings (SSSR count). The Balaban J connectivity index is 0.000000980. The standard InChI is InChI=1S/C8H7N3O2.Na.H/c9-11-8(13)6-4-2-1-3-5(6)7(12)10-11;;/h1-4H,9H2,(H,10,12);;/q;+1;-1. The maximum absolute atomic E-state index is 11.3. The maximum atomic E-state index is 11.3. The number of nitrogen functional groups attached to an aromatic ring is 1. The number of aromatic amines is 1. The van der Waals surface area contributed by atoms with E-state index in [4.69, 9.17) is 5.84 Å². The van der Waals surface area contributed by atoms with E-state index in [-0.39, 0.29) is 36.5 Å². The molecule has 2 aromatic rings. The molecule has 0 saturated heterocycles. The zero-order chi connectivity index (χ0) is 9.42. The van der Waals surface area contributed by atoms with E-state index in [0.717, 1.165) is 0 Å². The number of nitrogens with zero attached hydrogens (tertiary/aromatic N) is 1. The van der Waals surface area contributed by atoms with Crippen LogP contribution in [0.5, 0.6) is 0 Å². The van der Waals surface area contributed by atoms with Gasteiger partial charge in [-0.3, -0.25) is 9.59 Å². The van der Waals surface area contributed by atoms with Crippen LogP contribution in [-0.2, 0) is 0 Å². The van der Waals surface area contributed by atoms with E-state index < -0.39 is 5.56 Å². The number of fused-ring (bicyclic) bond motifs is 1. The van der Waals surface area contributed by atoms with Gasteiger partial charge in [0.15, 0.2) is 0 Å². The first-order chi connectivity index (χ1) is 6.20. The Morgan fingerprint density at radius 1 is 1.21 bits per heavy atom. The predicted molar refractivity (Wildman–Crippen MR) is 50.1 cm³/mol. The van der Waals surface area contributed by atoms with Crippen LogP contribution in [0.3, 0.4) is 0 Å². The number of nitrogens with two attached hydrogens (primary N) is 1. The second-order valence-corrected chi connectivity index (χ2v) is 2.66. The third kappa shape index (κ3) is 1.61. The van der Waals surface area contributed by atoms with E-state index in [1.54, 1.807) is 24.3 Å². The Morgan fingerprint density at radius 3 is 2.43 bits per heavy atom. The van der Waals surface area contributed by atoms with Gasteiger partial charge in [-0.2, -0.15) is 4.79 Å². The zero-order valence-electron chi connectivity index (χ0n) is 8.65. The zero-order valence-corrected chi connectivity index (χ0v) is 9.65. The molecule has 0 aliphatic rings. The van der Waals surface area contributed by atoms with Crippen LogP contribution in [0.1, 0.15) is 1.43 Å². The van der Waals surface area contributed by atoms with Gasteiger partial charge in [-0.1, -0.05) is 12.1 Å². The molecule has 1 aromatic carbocycles. The van der Waals surface area contributed by atoms with Crippen molar-refractivity contribution >= 4 is 10.8 Å². The summed E-state index contributed by atoms with van der Waals surface area (Å²) in [4.78, 5) is 23.3. The number of H-pyrrole nitrogens is 1. The molecule has 0 amide bonds. The Labute approximate surface area is 102 Å². The molecular weight excluding hydrogens is 193 g/mol. The molecule has 0 spiro atoms. The summed E-state index contributed by atoms with van der Waals surface area (Å²) in [7, 11) is 0. The summed E-state index contributed by atoms with van der Waals surface area (Å²) in [6, 6.07) is 6.52. The maximum Gasteiger partial charge on any atom is 1.00 e. The molecule has 0 fully saturated rings. The molecule has 0 aliphatic carbocycles. The first kappa shape index (κ1) is 11.0. The molecule has 1 heterocycles. The van der Waals surface area contributed by atoms with Crippen molar-refractivity contribution in [2.24, 2.45) is 0 Å². The molecule has 0 saturated carbocycles. The predicted octanol–water partition coefficient (Wildman–Crippen LogP) is -3.48. The van der Waals surface area contributed by atoms with E-state index >= 15 is 0 Å². The number of hydrogen-bond acceptors (Lipinski definition) is 3. The van der Waals surface area contributed by atoms with Gasteiger partial charge in [0.05, 0.1) is 10.8 Å². The fourth-order valence-electron chi connectivity index (χ4n) is 1.22. The van der Waals surface area contributed by atoms with Crippen LogP contribution in [0, 0.1) is 0 Å². The van der Waals surface area contributed by atoms with Crippen LogP contribution >= 0.6 is 0 Å². The largest absolute Gasteiger partial charge is 1.00 e. The van der Waals surface area contributed by atoms with Gasteiger partial charge in [-0.05, 0) is 12.1 Å². The van der Waals surface area contributed by atoms with Crippen molar-refractivity contribution in [1.29, 1.82) is 0 Å². The van der Waals surface area contributed by atoms with Gasteiger partial charge in [0.1, 0.15) is 0 Å². The van der Waals surface area contributed by atoms with Crippen molar-refractivity contribution in [1.82, 2.24) is 9.89 Å². The summed E-state index contributed by atoms with van der Waals surface area (Å²) in [5.41, 5.74) is -0.770. The van der Waals surface area contributed by atoms with Crippen molar-refractivity contribution in [2.75, 3.05) is 5.84 Å². The summed E-state index contributed by atoms with van der Waals surface area (Å²) in [6.45, 7) is 0. The molecule has 0 aliphatic heterocycles. The van der Waals surface area contributed by atoms with Gasteiger partial charge in [0.25, 0.3) is 11.1 Å². The van der Waals surface area contributed by atoms with Crippen LogP contribution in [0.2, 0.25) is 0 Å². The fraction of sp³-hybridized carbons (Fsp3) is 0. The summed E-state index contributed by atoms with van der Waals surface area (Å²) in [5.74, 6) is 5.24. The van der Waals surface area contributed by atoms with Crippen molar-refractivity contribution < 1.29 is 31.0 Å². The second-order valence-electron chi connectivity index (χ2n) is 2.66. The Bertz CT molecular complexity index is 578. The summed E-state index contributed by atoms with van der Waals surface area (Å²) < 4.78 is 0. The van der Waals surface area contributed by atoms with Gasteiger partial charge in [0.2, 0.25) is 0 Å². The molecule has 14 heavy (non-hydrogen) atoms. The SMILES string of the molecule is Nn1[nH]c(=O)c2ccccc2c1=O.[H-].[Na+]. The topological polar surface area (TPSA) is 80.9 Å². The smallest absolute Gasteiger partial charge is 1.00 e. The van der Waals surface area contributed by atoms with Crippen molar-refractivity contribution in [2.45, 2.75) is 0 Å². The Morgan fingerprint density at radius 2 is 1.79 bits per heavy atom. The van der Waals surface area contributed by atoms with Crippen molar-refractivity contribution in [3.8, 4) is 0 Å². The molecule has 5 nitrogen and oxygen atoms in total. The van der Waals surface area contributed by atoms with E-state index in [9.17, 15) is 9.59 Å². The third-order valence-electron chi connectivity index (χ3n) is 1.84. The van der Waals surface area contributed by atoms with Crippen LogP contribution < -0.4 is 46.5 Å². The Hall–Kier alpha value is -1.04. The molecular formula is C8H8N3NaO2. The van der Waals surface area contributed by atoms with Gasteiger partial charge >= 0.3 is 29.6 Å². The minimum atomic E-state index is -0.407.